The fraction of sp³-hybridized carbons (Fsp3) is 0.0909. The number of nitrogens with zero attached hydrogens (tertiary/aromatic N) is 2. The number of rotatable bonds is 0. The monoisotopic (exact) mass is 200 g/mol. The van der Waals surface area contributed by atoms with E-state index in [4.69, 9.17) is 0 Å². The molecule has 0 spiro atoms. The maximum Gasteiger partial charge on any atom is 0.125 e. The molecule has 2 aromatic heterocycles. The molecule has 68 valence electrons. The summed E-state index contributed by atoms with van der Waals surface area (Å²) >= 11 is 1.75. The lowest BCUT2D eigenvalue weighted by molar-refractivity contribution is 1.10. The third kappa shape index (κ3) is 1.02. The topological polar surface area (TPSA) is 25.8 Å². The lowest BCUT2D eigenvalue weighted by atomic mass is 10.2. The predicted octanol–water partition coefficient (Wildman–Crippen LogP) is 3.15. The summed E-state index contributed by atoms with van der Waals surface area (Å²) in [6.07, 6.45) is 1.91. The molecule has 0 unspecified atom stereocenters. The summed E-state index contributed by atoms with van der Waals surface area (Å²) in [5, 5.41) is 1.23. The lowest BCUT2D eigenvalue weighted by Gasteiger charge is -1.91. The van der Waals surface area contributed by atoms with Crippen molar-refractivity contribution in [3.63, 3.8) is 0 Å². The van der Waals surface area contributed by atoms with Gasteiger partial charge in [-0.2, -0.15) is 0 Å². The van der Waals surface area contributed by atoms with E-state index >= 15 is 0 Å². The first-order valence-corrected chi connectivity index (χ1v) is 5.27. The fourth-order valence-electron chi connectivity index (χ4n) is 1.60. The van der Waals surface area contributed by atoms with Gasteiger partial charge in [-0.05, 0) is 13.0 Å². The molecule has 0 saturated carbocycles. The molecule has 2 nitrogen and oxygen atoms in total. The molecule has 3 aromatic rings. The third-order valence-corrected chi connectivity index (χ3v) is 3.33. The van der Waals surface area contributed by atoms with Gasteiger partial charge >= 0.3 is 0 Å². The molecule has 0 atom stereocenters. The van der Waals surface area contributed by atoms with Crippen LogP contribution in [0.3, 0.4) is 0 Å². The van der Waals surface area contributed by atoms with Crippen LogP contribution in [0.1, 0.15) is 5.82 Å². The first-order chi connectivity index (χ1) is 6.84. The molecule has 0 aliphatic heterocycles. The van der Waals surface area contributed by atoms with Gasteiger partial charge in [-0.1, -0.05) is 18.2 Å². The average Bonchev–Trinajstić information content (AvgIpc) is 2.56. The van der Waals surface area contributed by atoms with Gasteiger partial charge in [0.1, 0.15) is 5.82 Å². The normalized spacial score (nSPS) is 11.2. The number of thiophene rings is 1. The highest BCUT2D eigenvalue weighted by atomic mass is 32.1. The zero-order valence-electron chi connectivity index (χ0n) is 7.69. The van der Waals surface area contributed by atoms with Gasteiger partial charge in [0.25, 0.3) is 0 Å². The second kappa shape index (κ2) is 2.75. The smallest absolute Gasteiger partial charge is 0.125 e. The first kappa shape index (κ1) is 7.88. The first-order valence-electron chi connectivity index (χ1n) is 4.45. The number of fused-ring (bicyclic) bond motifs is 3. The van der Waals surface area contributed by atoms with Crippen LogP contribution in [0.25, 0.3) is 20.3 Å². The zero-order chi connectivity index (χ0) is 9.54. The molecular weight excluding hydrogens is 192 g/mol. The van der Waals surface area contributed by atoms with Gasteiger partial charge in [-0.25, -0.2) is 9.97 Å². The summed E-state index contributed by atoms with van der Waals surface area (Å²) < 4.78 is 2.44. The minimum absolute atomic E-state index is 0.834. The zero-order valence-corrected chi connectivity index (χ0v) is 8.51. The summed E-state index contributed by atoms with van der Waals surface area (Å²) in [5.74, 6) is 0.834. The largest absolute Gasteiger partial charge is 0.240 e. The van der Waals surface area contributed by atoms with E-state index in [2.05, 4.69) is 28.2 Å². The maximum atomic E-state index is 4.46. The standard InChI is InChI=1S/C11H8N2S/c1-7-12-6-10-11(13-7)8-4-2-3-5-9(8)14-10/h2-6H,1H3. The number of benzene rings is 1. The van der Waals surface area contributed by atoms with Gasteiger partial charge in [0.15, 0.2) is 0 Å². The van der Waals surface area contributed by atoms with E-state index in [9.17, 15) is 0 Å². The Balaban J connectivity index is 2.58. The highest BCUT2D eigenvalue weighted by molar-refractivity contribution is 7.25. The second-order valence-electron chi connectivity index (χ2n) is 3.23. The molecule has 1 aromatic carbocycles. The molecule has 14 heavy (non-hydrogen) atoms. The van der Waals surface area contributed by atoms with Crippen molar-refractivity contribution < 1.29 is 0 Å². The van der Waals surface area contributed by atoms with Crippen LogP contribution in [-0.2, 0) is 0 Å². The number of hydrogen-bond donors (Lipinski definition) is 0. The summed E-state index contributed by atoms with van der Waals surface area (Å²) in [5.41, 5.74) is 1.08. The van der Waals surface area contributed by atoms with Crippen molar-refractivity contribution in [3.8, 4) is 0 Å². The van der Waals surface area contributed by atoms with Crippen LogP contribution < -0.4 is 0 Å². The van der Waals surface area contributed by atoms with Crippen LogP contribution in [-0.4, -0.2) is 9.97 Å². The Morgan fingerprint density at radius 3 is 2.93 bits per heavy atom. The Hall–Kier alpha value is -1.48. The Kier molecular flexibility index (Phi) is 1.55. The molecule has 0 N–H and O–H groups in total. The molecule has 0 saturated heterocycles. The second-order valence-corrected chi connectivity index (χ2v) is 4.31. The van der Waals surface area contributed by atoms with Crippen LogP contribution in [0.2, 0.25) is 0 Å². The molecule has 2 heterocycles. The van der Waals surface area contributed by atoms with Crippen molar-refractivity contribution in [2.75, 3.05) is 0 Å². The third-order valence-electron chi connectivity index (χ3n) is 2.24. The Bertz CT molecular complexity index is 613. The van der Waals surface area contributed by atoms with Crippen LogP contribution in [0.15, 0.2) is 30.5 Å². The van der Waals surface area contributed by atoms with Crippen LogP contribution >= 0.6 is 11.3 Å². The minimum atomic E-state index is 0.834. The highest BCUT2D eigenvalue weighted by Crippen LogP contribution is 2.31. The molecule has 3 rings (SSSR count). The van der Waals surface area contributed by atoms with E-state index in [1.54, 1.807) is 11.3 Å². The van der Waals surface area contributed by atoms with Crippen molar-refractivity contribution in [3.05, 3.63) is 36.3 Å². The molecule has 0 amide bonds. The van der Waals surface area contributed by atoms with E-state index < -0.39 is 0 Å². The average molecular weight is 200 g/mol. The van der Waals surface area contributed by atoms with Crippen LogP contribution in [0, 0.1) is 6.92 Å². The van der Waals surface area contributed by atoms with Crippen molar-refractivity contribution >= 4 is 31.6 Å². The summed E-state index contributed by atoms with van der Waals surface area (Å²) in [6.45, 7) is 1.92. The van der Waals surface area contributed by atoms with Gasteiger partial charge in [0.05, 0.1) is 10.2 Å². The molecule has 3 heteroatoms. The van der Waals surface area contributed by atoms with Gasteiger partial charge in [-0.15, -0.1) is 11.3 Å². The van der Waals surface area contributed by atoms with E-state index in [1.807, 2.05) is 19.2 Å². The summed E-state index contributed by atoms with van der Waals surface area (Å²) in [6, 6.07) is 8.33. The Morgan fingerprint density at radius 2 is 2.00 bits per heavy atom. The predicted molar refractivity (Wildman–Crippen MR) is 59.7 cm³/mol. The number of aryl methyl sites for hydroxylation is 1. The quantitative estimate of drug-likeness (QED) is 0.557. The molecule has 0 aliphatic rings. The molecule has 0 bridgehead atoms. The molecule has 0 radical (unpaired) electrons. The molecule has 0 fully saturated rings. The van der Waals surface area contributed by atoms with Crippen molar-refractivity contribution in [2.24, 2.45) is 0 Å². The SMILES string of the molecule is Cc1ncc2sc3ccccc3c2n1. The Morgan fingerprint density at radius 1 is 1.14 bits per heavy atom. The van der Waals surface area contributed by atoms with Crippen molar-refractivity contribution in [1.29, 1.82) is 0 Å². The summed E-state index contributed by atoms with van der Waals surface area (Å²) in [7, 11) is 0. The van der Waals surface area contributed by atoms with Gasteiger partial charge in [0, 0.05) is 16.3 Å². The maximum absolute atomic E-state index is 4.46. The van der Waals surface area contributed by atoms with Gasteiger partial charge in [0.2, 0.25) is 0 Å². The molecule has 0 aliphatic carbocycles. The fourth-order valence-corrected chi connectivity index (χ4v) is 2.61. The van der Waals surface area contributed by atoms with Gasteiger partial charge in [-0.3, -0.25) is 0 Å². The van der Waals surface area contributed by atoms with Gasteiger partial charge < -0.3 is 0 Å². The summed E-state index contributed by atoms with van der Waals surface area (Å²) in [4.78, 5) is 8.66. The minimum Gasteiger partial charge on any atom is -0.240 e. The highest BCUT2D eigenvalue weighted by Gasteiger charge is 2.05. The van der Waals surface area contributed by atoms with Crippen molar-refractivity contribution in [2.45, 2.75) is 6.92 Å². The lowest BCUT2D eigenvalue weighted by Crippen LogP contribution is -1.84. The van der Waals surface area contributed by atoms with E-state index in [0.29, 0.717) is 0 Å². The van der Waals surface area contributed by atoms with E-state index in [-0.39, 0.29) is 0 Å². The molecular formula is C11H8N2S. The van der Waals surface area contributed by atoms with Crippen molar-refractivity contribution in [1.82, 2.24) is 9.97 Å². The van der Waals surface area contributed by atoms with Crippen LogP contribution in [0.4, 0.5) is 0 Å². The van der Waals surface area contributed by atoms with Crippen LogP contribution in [0.5, 0.6) is 0 Å². The van der Waals surface area contributed by atoms with E-state index in [0.717, 1.165) is 16.0 Å². The van der Waals surface area contributed by atoms with E-state index in [1.165, 1.54) is 10.1 Å². The number of hydrogen-bond acceptors (Lipinski definition) is 3. The number of aromatic nitrogens is 2. The Labute approximate surface area is 85.2 Å².